The molecule has 0 bridgehead atoms. The van der Waals surface area contributed by atoms with Gasteiger partial charge in [0.25, 0.3) is 0 Å². The van der Waals surface area contributed by atoms with Crippen LogP contribution in [0.2, 0.25) is 0 Å². The Balaban J connectivity index is 0.00000256. The first-order valence-corrected chi connectivity index (χ1v) is 6.12. The van der Waals surface area contributed by atoms with Crippen molar-refractivity contribution < 1.29 is 32.7 Å². The Kier molecular flexibility index (Phi) is 11.5. The van der Waals surface area contributed by atoms with E-state index in [1.54, 1.807) is 0 Å². The fourth-order valence-electron chi connectivity index (χ4n) is 1.76. The van der Waals surface area contributed by atoms with Crippen molar-refractivity contribution in [2.75, 3.05) is 19.6 Å². The first kappa shape index (κ1) is 17.2. The third-order valence-electron chi connectivity index (χ3n) is 2.65. The second kappa shape index (κ2) is 11.3. The number of hydrogen-bond acceptors (Lipinski definition) is 2. The van der Waals surface area contributed by atoms with Crippen LogP contribution in [0, 0.1) is 6.92 Å². The maximum Gasteiger partial charge on any atom is 0.0233 e. The largest absolute Gasteiger partial charge is 0.343 e. The Morgan fingerprint density at radius 3 is 2.29 bits per heavy atom. The fraction of sp³-hybridized carbons (Fsp3) is 0.500. The molecule has 0 spiro atoms. The maximum absolute atomic E-state index is 5.56. The van der Waals surface area contributed by atoms with Crippen LogP contribution >= 0.6 is 0 Å². The molecule has 2 N–H and O–H groups in total. The van der Waals surface area contributed by atoms with Crippen molar-refractivity contribution in [2.45, 2.75) is 25.8 Å². The number of nitrogens with two attached hydrogens (primary N) is 1. The minimum Gasteiger partial charge on any atom is -0.343 e. The predicted molar refractivity (Wildman–Crippen MR) is 70.0 cm³/mol. The molecular formula is C14H23N2Y-. The zero-order chi connectivity index (χ0) is 11.6. The Bertz CT molecular complexity index is 256. The van der Waals surface area contributed by atoms with Gasteiger partial charge in [-0.25, -0.2) is 0 Å². The molecule has 0 fully saturated rings. The van der Waals surface area contributed by atoms with Crippen LogP contribution in [-0.4, -0.2) is 24.5 Å². The molecule has 0 unspecified atom stereocenters. The number of rotatable bonds is 8. The van der Waals surface area contributed by atoms with E-state index < -0.39 is 0 Å². The average molecular weight is 308 g/mol. The van der Waals surface area contributed by atoms with E-state index in [0.29, 0.717) is 0 Å². The van der Waals surface area contributed by atoms with Crippen molar-refractivity contribution in [1.82, 2.24) is 4.90 Å². The van der Waals surface area contributed by atoms with Gasteiger partial charge in [-0.05, 0) is 31.6 Å². The van der Waals surface area contributed by atoms with Crippen LogP contribution in [0.5, 0.6) is 0 Å². The SMILES string of the molecule is [CH2-]CCCN(CCCN)Cc1ccccc1.[Y]. The zero-order valence-electron chi connectivity index (χ0n) is 10.6. The van der Waals surface area contributed by atoms with E-state index in [-0.39, 0.29) is 32.7 Å². The van der Waals surface area contributed by atoms with Gasteiger partial charge in [-0.2, -0.15) is 6.42 Å². The van der Waals surface area contributed by atoms with E-state index in [0.717, 1.165) is 45.4 Å². The van der Waals surface area contributed by atoms with Crippen LogP contribution in [0.3, 0.4) is 0 Å². The monoisotopic (exact) mass is 308 g/mol. The molecule has 0 aliphatic rings. The Labute approximate surface area is 131 Å². The summed E-state index contributed by atoms with van der Waals surface area (Å²) in [6.45, 7) is 7.91. The zero-order valence-corrected chi connectivity index (χ0v) is 13.5. The average Bonchev–Trinajstić information content (AvgIpc) is 2.34. The van der Waals surface area contributed by atoms with Crippen LogP contribution in [0.15, 0.2) is 30.3 Å². The van der Waals surface area contributed by atoms with Gasteiger partial charge in [0.15, 0.2) is 0 Å². The number of nitrogens with zero attached hydrogens (tertiary/aromatic N) is 1. The van der Waals surface area contributed by atoms with Gasteiger partial charge in [0.1, 0.15) is 0 Å². The standard InChI is InChI=1S/C14H23N2.Y/c1-2-3-11-16(12-7-10-15)13-14-8-5-4-6-9-14;/h4-6,8-9H,1-3,7,10-13,15H2;/q-1;. The molecule has 2 nitrogen and oxygen atoms in total. The van der Waals surface area contributed by atoms with Gasteiger partial charge < -0.3 is 12.7 Å². The van der Waals surface area contributed by atoms with Crippen molar-refractivity contribution in [2.24, 2.45) is 5.73 Å². The van der Waals surface area contributed by atoms with E-state index in [4.69, 9.17) is 5.73 Å². The van der Waals surface area contributed by atoms with E-state index in [9.17, 15) is 0 Å². The normalized spacial score (nSPS) is 10.3. The quantitative estimate of drug-likeness (QED) is 0.748. The van der Waals surface area contributed by atoms with Crippen LogP contribution < -0.4 is 5.73 Å². The molecule has 1 radical (unpaired) electrons. The van der Waals surface area contributed by atoms with Crippen molar-refractivity contribution in [3.63, 3.8) is 0 Å². The smallest absolute Gasteiger partial charge is 0.0233 e. The first-order chi connectivity index (χ1) is 7.86. The number of benzene rings is 1. The van der Waals surface area contributed by atoms with Gasteiger partial charge >= 0.3 is 0 Å². The molecule has 17 heavy (non-hydrogen) atoms. The van der Waals surface area contributed by atoms with E-state index in [1.165, 1.54) is 5.56 Å². The minimum atomic E-state index is 0. The van der Waals surface area contributed by atoms with Gasteiger partial charge in [0, 0.05) is 39.3 Å². The summed E-state index contributed by atoms with van der Waals surface area (Å²) < 4.78 is 0. The van der Waals surface area contributed by atoms with Crippen LogP contribution in [0.25, 0.3) is 0 Å². The van der Waals surface area contributed by atoms with Crippen LogP contribution in [0.4, 0.5) is 0 Å². The summed E-state index contributed by atoms with van der Waals surface area (Å²) >= 11 is 0. The minimum absolute atomic E-state index is 0. The summed E-state index contributed by atoms with van der Waals surface area (Å²) in [6.07, 6.45) is 3.25. The summed E-state index contributed by atoms with van der Waals surface area (Å²) in [5.41, 5.74) is 6.94. The number of unbranched alkanes of at least 4 members (excludes halogenated alkanes) is 1. The van der Waals surface area contributed by atoms with Gasteiger partial charge in [-0.3, -0.25) is 4.90 Å². The molecule has 93 valence electrons. The van der Waals surface area contributed by atoms with Crippen LogP contribution in [-0.2, 0) is 39.3 Å². The molecule has 0 amide bonds. The summed E-state index contributed by atoms with van der Waals surface area (Å²) in [5.74, 6) is 0. The topological polar surface area (TPSA) is 29.3 Å². The van der Waals surface area contributed by atoms with Crippen molar-refractivity contribution in [3.05, 3.63) is 42.8 Å². The molecule has 0 saturated heterocycles. The summed E-state index contributed by atoms with van der Waals surface area (Å²) in [7, 11) is 0. The summed E-state index contributed by atoms with van der Waals surface area (Å²) in [5, 5.41) is 0. The fourth-order valence-corrected chi connectivity index (χ4v) is 1.76. The molecule has 1 rings (SSSR count). The second-order valence-electron chi connectivity index (χ2n) is 4.11. The summed E-state index contributed by atoms with van der Waals surface area (Å²) in [6, 6.07) is 10.6. The van der Waals surface area contributed by atoms with Crippen molar-refractivity contribution >= 4 is 0 Å². The first-order valence-electron chi connectivity index (χ1n) is 6.12. The number of hydrogen-bond donors (Lipinski definition) is 1. The molecule has 0 atom stereocenters. The maximum atomic E-state index is 5.56. The molecule has 3 heteroatoms. The van der Waals surface area contributed by atoms with E-state index in [2.05, 4.69) is 42.2 Å². The van der Waals surface area contributed by atoms with Gasteiger partial charge in [-0.1, -0.05) is 36.8 Å². The third kappa shape index (κ3) is 8.04. The molecular weight excluding hydrogens is 285 g/mol. The molecule has 0 aliphatic carbocycles. The van der Waals surface area contributed by atoms with Gasteiger partial charge in [0.2, 0.25) is 0 Å². The molecule has 1 aromatic carbocycles. The predicted octanol–water partition coefficient (Wildman–Crippen LogP) is 2.45. The Hall–Kier alpha value is 0.244. The Morgan fingerprint density at radius 1 is 1.06 bits per heavy atom. The van der Waals surface area contributed by atoms with Gasteiger partial charge in [-0.15, -0.1) is 0 Å². The van der Waals surface area contributed by atoms with Gasteiger partial charge in [0.05, 0.1) is 0 Å². The molecule has 1 aromatic rings. The van der Waals surface area contributed by atoms with Crippen molar-refractivity contribution in [3.8, 4) is 0 Å². The molecule has 0 heterocycles. The molecule has 0 saturated carbocycles. The summed E-state index contributed by atoms with van der Waals surface area (Å²) in [4.78, 5) is 2.47. The second-order valence-corrected chi connectivity index (χ2v) is 4.11. The van der Waals surface area contributed by atoms with E-state index in [1.807, 2.05) is 0 Å². The molecule has 0 aromatic heterocycles. The Morgan fingerprint density at radius 2 is 1.71 bits per heavy atom. The van der Waals surface area contributed by atoms with Crippen LogP contribution in [0.1, 0.15) is 24.8 Å². The third-order valence-corrected chi connectivity index (χ3v) is 2.65. The van der Waals surface area contributed by atoms with E-state index >= 15 is 0 Å². The van der Waals surface area contributed by atoms with Crippen molar-refractivity contribution in [1.29, 1.82) is 0 Å². The molecule has 0 aliphatic heterocycles.